The van der Waals surface area contributed by atoms with Crippen LogP contribution in [0.3, 0.4) is 0 Å². The molecule has 0 atom stereocenters. The van der Waals surface area contributed by atoms with Gasteiger partial charge in [0.15, 0.2) is 0 Å². The quantitative estimate of drug-likeness (QED) is 0.632. The van der Waals surface area contributed by atoms with Crippen molar-refractivity contribution in [3.63, 3.8) is 0 Å². The van der Waals surface area contributed by atoms with Crippen LogP contribution >= 0.6 is 15.9 Å². The Bertz CT molecular complexity index is 402. The molecule has 0 saturated carbocycles. The van der Waals surface area contributed by atoms with E-state index in [9.17, 15) is 4.79 Å². The number of hydrogen-bond acceptors (Lipinski definition) is 4. The van der Waals surface area contributed by atoms with E-state index in [1.165, 1.54) is 0 Å². The maximum Gasteiger partial charge on any atom is 0.221 e. The fraction of sp³-hybridized carbons (Fsp3) is 0.500. The van der Waals surface area contributed by atoms with Gasteiger partial charge in [-0.15, -0.1) is 0 Å². The van der Waals surface area contributed by atoms with Crippen molar-refractivity contribution in [2.45, 2.75) is 6.42 Å². The lowest BCUT2D eigenvalue weighted by molar-refractivity contribution is -0.121. The smallest absolute Gasteiger partial charge is 0.221 e. The molecular formula is C14H21BrN2O3. The van der Waals surface area contributed by atoms with Gasteiger partial charge >= 0.3 is 0 Å². The van der Waals surface area contributed by atoms with Gasteiger partial charge in [-0.1, -0.05) is 22.0 Å². The molecule has 112 valence electrons. The predicted octanol–water partition coefficient (Wildman–Crippen LogP) is 1.57. The van der Waals surface area contributed by atoms with Crippen LogP contribution in [0.4, 0.5) is 0 Å². The third-order valence-corrected chi connectivity index (χ3v) is 2.99. The predicted molar refractivity (Wildman–Crippen MR) is 82.0 cm³/mol. The summed E-state index contributed by atoms with van der Waals surface area (Å²) in [5, 5.41) is 5.93. The Morgan fingerprint density at radius 2 is 2.10 bits per heavy atom. The molecule has 1 amide bonds. The summed E-state index contributed by atoms with van der Waals surface area (Å²) in [5.41, 5.74) is 0. The Hall–Kier alpha value is -1.11. The highest BCUT2D eigenvalue weighted by Gasteiger charge is 1.99. The fourth-order valence-corrected chi connectivity index (χ4v) is 1.88. The Kier molecular flexibility index (Phi) is 9.02. The molecule has 0 radical (unpaired) electrons. The minimum atomic E-state index is 0.0301. The van der Waals surface area contributed by atoms with Crippen LogP contribution in [0.25, 0.3) is 0 Å². The van der Waals surface area contributed by atoms with E-state index < -0.39 is 0 Å². The zero-order chi connectivity index (χ0) is 14.6. The van der Waals surface area contributed by atoms with Crippen LogP contribution in [0.2, 0.25) is 0 Å². The summed E-state index contributed by atoms with van der Waals surface area (Å²) in [7, 11) is 1.61. The van der Waals surface area contributed by atoms with Crippen LogP contribution < -0.4 is 15.4 Å². The number of benzene rings is 1. The van der Waals surface area contributed by atoms with E-state index in [0.29, 0.717) is 39.3 Å². The Balaban J connectivity index is 1.98. The van der Waals surface area contributed by atoms with E-state index in [-0.39, 0.29) is 5.91 Å². The van der Waals surface area contributed by atoms with Gasteiger partial charge in [-0.05, 0) is 18.2 Å². The molecule has 1 aromatic rings. The molecule has 2 N–H and O–H groups in total. The number of nitrogens with one attached hydrogen (secondary N) is 2. The maximum absolute atomic E-state index is 11.4. The van der Waals surface area contributed by atoms with Crippen molar-refractivity contribution >= 4 is 21.8 Å². The Labute approximate surface area is 128 Å². The molecule has 0 bridgehead atoms. The molecule has 5 nitrogen and oxygen atoms in total. The second-order valence-corrected chi connectivity index (χ2v) is 5.06. The monoisotopic (exact) mass is 344 g/mol. The number of hydrogen-bond donors (Lipinski definition) is 2. The molecular weight excluding hydrogens is 324 g/mol. The van der Waals surface area contributed by atoms with Gasteiger partial charge in [-0.2, -0.15) is 0 Å². The third kappa shape index (κ3) is 8.14. The van der Waals surface area contributed by atoms with Crippen molar-refractivity contribution in [2.75, 3.05) is 40.0 Å². The SMILES string of the molecule is COCCNC(=O)CCNCCOc1cccc(Br)c1. The number of rotatable bonds is 10. The fourth-order valence-electron chi connectivity index (χ4n) is 1.51. The lowest BCUT2D eigenvalue weighted by Gasteiger charge is -2.08. The van der Waals surface area contributed by atoms with Crippen LogP contribution in [-0.4, -0.2) is 45.9 Å². The summed E-state index contributed by atoms with van der Waals surface area (Å²) in [6, 6.07) is 7.71. The van der Waals surface area contributed by atoms with Crippen molar-refractivity contribution in [1.82, 2.24) is 10.6 Å². The van der Waals surface area contributed by atoms with Crippen LogP contribution in [-0.2, 0) is 9.53 Å². The van der Waals surface area contributed by atoms with E-state index in [2.05, 4.69) is 26.6 Å². The van der Waals surface area contributed by atoms with Crippen molar-refractivity contribution in [1.29, 1.82) is 0 Å². The summed E-state index contributed by atoms with van der Waals surface area (Å²) in [6.07, 6.45) is 0.459. The van der Waals surface area contributed by atoms with E-state index >= 15 is 0 Å². The normalized spacial score (nSPS) is 10.3. The van der Waals surface area contributed by atoms with Crippen molar-refractivity contribution < 1.29 is 14.3 Å². The number of carbonyl (C=O) groups excluding carboxylic acids is 1. The highest BCUT2D eigenvalue weighted by Crippen LogP contribution is 2.17. The van der Waals surface area contributed by atoms with E-state index in [1.807, 2.05) is 24.3 Å². The molecule has 0 aliphatic rings. The van der Waals surface area contributed by atoms with E-state index in [0.717, 1.165) is 10.2 Å². The van der Waals surface area contributed by atoms with E-state index in [4.69, 9.17) is 9.47 Å². The molecule has 0 aliphatic heterocycles. The molecule has 0 fully saturated rings. The second-order valence-electron chi connectivity index (χ2n) is 4.15. The Morgan fingerprint density at radius 1 is 1.25 bits per heavy atom. The Morgan fingerprint density at radius 3 is 2.85 bits per heavy atom. The number of amides is 1. The first kappa shape index (κ1) is 16.9. The summed E-state index contributed by atoms with van der Waals surface area (Å²) in [6.45, 7) is 3.02. The van der Waals surface area contributed by atoms with Gasteiger partial charge in [-0.3, -0.25) is 4.79 Å². The minimum Gasteiger partial charge on any atom is -0.492 e. The molecule has 6 heteroatoms. The van der Waals surface area contributed by atoms with Gasteiger partial charge < -0.3 is 20.1 Å². The first-order valence-electron chi connectivity index (χ1n) is 6.57. The third-order valence-electron chi connectivity index (χ3n) is 2.50. The first-order valence-corrected chi connectivity index (χ1v) is 7.36. The molecule has 20 heavy (non-hydrogen) atoms. The van der Waals surface area contributed by atoms with Crippen molar-refractivity contribution in [3.8, 4) is 5.75 Å². The number of halogens is 1. The summed E-state index contributed by atoms with van der Waals surface area (Å²) >= 11 is 3.39. The second kappa shape index (κ2) is 10.7. The molecule has 0 spiro atoms. The van der Waals surface area contributed by atoms with Crippen LogP contribution in [0, 0.1) is 0 Å². The van der Waals surface area contributed by atoms with Crippen molar-refractivity contribution in [3.05, 3.63) is 28.7 Å². The highest BCUT2D eigenvalue weighted by atomic mass is 79.9. The molecule has 1 rings (SSSR count). The molecule has 0 aliphatic carbocycles. The molecule has 1 aromatic carbocycles. The van der Waals surface area contributed by atoms with Crippen LogP contribution in [0.5, 0.6) is 5.75 Å². The minimum absolute atomic E-state index is 0.0301. The average Bonchev–Trinajstić information content (AvgIpc) is 2.43. The highest BCUT2D eigenvalue weighted by molar-refractivity contribution is 9.10. The zero-order valence-corrected chi connectivity index (χ0v) is 13.2. The topological polar surface area (TPSA) is 59.6 Å². The van der Waals surface area contributed by atoms with Gasteiger partial charge in [0.05, 0.1) is 6.61 Å². The van der Waals surface area contributed by atoms with E-state index in [1.54, 1.807) is 7.11 Å². The van der Waals surface area contributed by atoms with Gasteiger partial charge in [-0.25, -0.2) is 0 Å². The molecule has 0 aromatic heterocycles. The number of ether oxygens (including phenoxy) is 2. The van der Waals surface area contributed by atoms with Gasteiger partial charge in [0.1, 0.15) is 12.4 Å². The lowest BCUT2D eigenvalue weighted by Crippen LogP contribution is -2.31. The molecule has 0 heterocycles. The van der Waals surface area contributed by atoms with Gasteiger partial charge in [0, 0.05) is 37.6 Å². The van der Waals surface area contributed by atoms with Crippen LogP contribution in [0.15, 0.2) is 28.7 Å². The molecule has 0 saturated heterocycles. The lowest BCUT2D eigenvalue weighted by atomic mass is 10.3. The summed E-state index contributed by atoms with van der Waals surface area (Å²) < 4.78 is 11.4. The summed E-state index contributed by atoms with van der Waals surface area (Å²) in [4.78, 5) is 11.4. The van der Waals surface area contributed by atoms with Crippen molar-refractivity contribution in [2.24, 2.45) is 0 Å². The maximum atomic E-state index is 11.4. The van der Waals surface area contributed by atoms with Gasteiger partial charge in [0.25, 0.3) is 0 Å². The summed E-state index contributed by atoms with van der Waals surface area (Å²) in [5.74, 6) is 0.862. The van der Waals surface area contributed by atoms with Gasteiger partial charge in [0.2, 0.25) is 5.91 Å². The standard InChI is InChI=1S/C14H21BrN2O3/c1-19-9-8-17-14(18)5-6-16-7-10-20-13-4-2-3-12(15)11-13/h2-4,11,16H,5-10H2,1H3,(H,17,18). The zero-order valence-electron chi connectivity index (χ0n) is 11.7. The number of methoxy groups -OCH3 is 1. The molecule has 0 unspecified atom stereocenters. The number of carbonyl (C=O) groups is 1. The largest absolute Gasteiger partial charge is 0.492 e. The van der Waals surface area contributed by atoms with Crippen LogP contribution in [0.1, 0.15) is 6.42 Å². The average molecular weight is 345 g/mol. The first-order chi connectivity index (χ1) is 9.72.